The Bertz CT molecular complexity index is 839. The van der Waals surface area contributed by atoms with E-state index < -0.39 is 23.9 Å². The van der Waals surface area contributed by atoms with Crippen molar-refractivity contribution in [1.29, 1.82) is 0 Å². The molecule has 1 saturated heterocycles. The molecule has 1 atom stereocenters. The Morgan fingerprint density at radius 3 is 2.92 bits per heavy atom. The molecule has 1 fully saturated rings. The van der Waals surface area contributed by atoms with Crippen LogP contribution in [0.25, 0.3) is 0 Å². The largest absolute Gasteiger partial charge is 0.434 e. The summed E-state index contributed by atoms with van der Waals surface area (Å²) in [6.45, 7) is 0.227. The van der Waals surface area contributed by atoms with Crippen LogP contribution < -0.4 is 19.9 Å². The molecule has 0 unspecified atom stereocenters. The van der Waals surface area contributed by atoms with Crippen LogP contribution in [0.4, 0.5) is 20.6 Å². The van der Waals surface area contributed by atoms with E-state index in [9.17, 15) is 18.8 Å². The molecule has 0 aliphatic carbocycles. The SMILES string of the molecule is CNC(=O)[C@H]1CN(c2cc(F)c3c(c2)OC2=NC(=O)CCN23)C(=O)O1. The number of rotatable bonds is 2. The highest BCUT2D eigenvalue weighted by atomic mass is 19.1. The summed E-state index contributed by atoms with van der Waals surface area (Å²) in [5.41, 5.74) is 0.366. The summed E-state index contributed by atoms with van der Waals surface area (Å²) in [7, 11) is 1.43. The number of ether oxygens (including phenoxy) is 2. The quantitative estimate of drug-likeness (QED) is 0.829. The van der Waals surface area contributed by atoms with Gasteiger partial charge in [0.1, 0.15) is 5.69 Å². The Kier molecular flexibility index (Phi) is 3.34. The number of hydrogen-bond acceptors (Lipinski definition) is 6. The second kappa shape index (κ2) is 5.43. The normalized spacial score (nSPS) is 21.4. The zero-order valence-corrected chi connectivity index (χ0v) is 13.1. The minimum atomic E-state index is -0.969. The minimum Gasteiger partial charge on any atom is -0.434 e. The van der Waals surface area contributed by atoms with Gasteiger partial charge in [0.2, 0.25) is 0 Å². The summed E-state index contributed by atoms with van der Waals surface area (Å²) >= 11 is 0. The summed E-state index contributed by atoms with van der Waals surface area (Å²) in [5, 5.41) is 2.39. The summed E-state index contributed by atoms with van der Waals surface area (Å²) in [5.74, 6) is -1.25. The fraction of sp³-hybridized carbons (Fsp3) is 0.333. The predicted octanol–water partition coefficient (Wildman–Crippen LogP) is 0.382. The van der Waals surface area contributed by atoms with Gasteiger partial charge in [0.05, 0.1) is 12.2 Å². The number of amidine groups is 1. The van der Waals surface area contributed by atoms with E-state index in [1.54, 1.807) is 0 Å². The molecule has 0 saturated carbocycles. The van der Waals surface area contributed by atoms with Crippen molar-refractivity contribution >= 4 is 35.3 Å². The molecule has 1 aromatic carbocycles. The molecule has 0 aromatic heterocycles. The van der Waals surface area contributed by atoms with Crippen LogP contribution >= 0.6 is 0 Å². The third-order valence-electron chi connectivity index (χ3n) is 4.15. The number of anilines is 2. The molecule has 0 spiro atoms. The lowest BCUT2D eigenvalue weighted by Gasteiger charge is -2.20. The molecule has 1 N–H and O–H groups in total. The molecule has 0 bridgehead atoms. The third-order valence-corrected chi connectivity index (χ3v) is 4.15. The van der Waals surface area contributed by atoms with E-state index in [4.69, 9.17) is 9.47 Å². The Hall–Kier alpha value is -3.17. The maximum absolute atomic E-state index is 14.6. The zero-order chi connectivity index (χ0) is 17.7. The molecular formula is C15H13FN4O5. The summed E-state index contributed by atoms with van der Waals surface area (Å²) in [6.07, 6.45) is -1.56. The first-order valence-electron chi connectivity index (χ1n) is 7.58. The first-order chi connectivity index (χ1) is 12.0. The van der Waals surface area contributed by atoms with E-state index in [0.717, 1.165) is 11.0 Å². The van der Waals surface area contributed by atoms with E-state index in [1.807, 2.05) is 0 Å². The Balaban J connectivity index is 1.67. The monoisotopic (exact) mass is 348 g/mol. The highest BCUT2D eigenvalue weighted by Gasteiger charge is 2.39. The van der Waals surface area contributed by atoms with Crippen LogP contribution in [0.5, 0.6) is 5.75 Å². The summed E-state index contributed by atoms with van der Waals surface area (Å²) in [6, 6.07) is 2.64. The average Bonchev–Trinajstić information content (AvgIpc) is 3.13. The zero-order valence-electron chi connectivity index (χ0n) is 13.1. The van der Waals surface area contributed by atoms with E-state index in [0.29, 0.717) is 0 Å². The van der Waals surface area contributed by atoms with Crippen LogP contribution in [0.1, 0.15) is 6.42 Å². The van der Waals surface area contributed by atoms with Gasteiger partial charge in [-0.2, -0.15) is 4.99 Å². The second-order valence-electron chi connectivity index (χ2n) is 5.66. The number of aliphatic imine (C=N–C) groups is 1. The van der Waals surface area contributed by atoms with Crippen molar-refractivity contribution in [2.75, 3.05) is 29.9 Å². The lowest BCUT2D eigenvalue weighted by Crippen LogP contribution is -2.36. The van der Waals surface area contributed by atoms with Gasteiger partial charge >= 0.3 is 12.1 Å². The highest BCUT2D eigenvalue weighted by molar-refractivity contribution is 6.08. The first kappa shape index (κ1) is 15.4. The van der Waals surface area contributed by atoms with Gasteiger partial charge in [-0.25, -0.2) is 9.18 Å². The first-order valence-corrected chi connectivity index (χ1v) is 7.58. The number of carbonyl (C=O) groups excluding carboxylic acids is 3. The van der Waals surface area contributed by atoms with E-state index in [1.165, 1.54) is 18.0 Å². The van der Waals surface area contributed by atoms with E-state index in [-0.39, 0.29) is 48.6 Å². The van der Waals surface area contributed by atoms with Crippen LogP contribution in [0, 0.1) is 5.82 Å². The minimum absolute atomic E-state index is 0.0227. The van der Waals surface area contributed by atoms with Gasteiger partial charge in [-0.1, -0.05) is 0 Å². The number of benzene rings is 1. The van der Waals surface area contributed by atoms with Crippen molar-refractivity contribution in [3.8, 4) is 5.75 Å². The number of carbonyl (C=O) groups is 3. The van der Waals surface area contributed by atoms with Gasteiger partial charge < -0.3 is 14.8 Å². The molecule has 130 valence electrons. The number of nitrogens with zero attached hydrogens (tertiary/aromatic N) is 3. The number of cyclic esters (lactones) is 1. The number of hydrogen-bond donors (Lipinski definition) is 1. The maximum atomic E-state index is 14.6. The molecule has 0 radical (unpaired) electrons. The molecule has 3 aliphatic heterocycles. The number of halogens is 1. The number of amides is 3. The predicted molar refractivity (Wildman–Crippen MR) is 83.1 cm³/mol. The Morgan fingerprint density at radius 2 is 2.16 bits per heavy atom. The van der Waals surface area contributed by atoms with Gasteiger partial charge in [0.15, 0.2) is 17.7 Å². The van der Waals surface area contributed by atoms with Crippen molar-refractivity contribution in [3.63, 3.8) is 0 Å². The van der Waals surface area contributed by atoms with Crippen LogP contribution in [0.15, 0.2) is 17.1 Å². The molecule has 3 aliphatic rings. The molecule has 3 heterocycles. The topological polar surface area (TPSA) is 101 Å². The smallest absolute Gasteiger partial charge is 0.415 e. The Labute approximate surface area is 141 Å². The van der Waals surface area contributed by atoms with Crippen LogP contribution in [-0.4, -0.2) is 50.2 Å². The van der Waals surface area contributed by atoms with Crippen LogP contribution in [-0.2, 0) is 14.3 Å². The molecule has 3 amide bonds. The summed E-state index contributed by atoms with van der Waals surface area (Å²) < 4.78 is 25.0. The highest BCUT2D eigenvalue weighted by Crippen LogP contribution is 2.42. The third kappa shape index (κ3) is 2.37. The van der Waals surface area contributed by atoms with Crippen molar-refractivity contribution < 1.29 is 28.2 Å². The number of likely N-dealkylation sites (N-methyl/N-ethyl adjacent to an activating group) is 1. The lowest BCUT2D eigenvalue weighted by atomic mass is 10.2. The lowest BCUT2D eigenvalue weighted by molar-refractivity contribution is -0.127. The maximum Gasteiger partial charge on any atom is 0.415 e. The van der Waals surface area contributed by atoms with Gasteiger partial charge in [-0.15, -0.1) is 0 Å². The van der Waals surface area contributed by atoms with Gasteiger partial charge in [0, 0.05) is 32.1 Å². The van der Waals surface area contributed by atoms with Gasteiger partial charge in [-0.05, 0) is 0 Å². The fourth-order valence-corrected chi connectivity index (χ4v) is 2.94. The molecule has 9 nitrogen and oxygen atoms in total. The standard InChI is InChI=1S/C15H13FN4O5/c1-17-13(22)10-6-20(15(23)25-10)7-4-8(16)12-9(5-7)24-14-18-11(21)2-3-19(12)14/h4-5,10H,2-3,6H2,1H3,(H,17,22)/t10-/m1/s1. The van der Waals surface area contributed by atoms with Crippen LogP contribution in [0.2, 0.25) is 0 Å². The van der Waals surface area contributed by atoms with Gasteiger partial charge in [0.25, 0.3) is 11.8 Å². The second-order valence-corrected chi connectivity index (χ2v) is 5.66. The van der Waals surface area contributed by atoms with Crippen molar-refractivity contribution in [2.45, 2.75) is 12.5 Å². The van der Waals surface area contributed by atoms with Crippen LogP contribution in [0.3, 0.4) is 0 Å². The molecule has 10 heteroatoms. The molecule has 1 aromatic rings. The molecule has 4 rings (SSSR count). The van der Waals surface area contributed by atoms with Crippen molar-refractivity contribution in [2.24, 2.45) is 4.99 Å². The van der Waals surface area contributed by atoms with Gasteiger partial charge in [-0.3, -0.25) is 19.4 Å². The number of fused-ring (bicyclic) bond motifs is 3. The summed E-state index contributed by atoms with van der Waals surface area (Å²) in [4.78, 5) is 41.4. The fourth-order valence-electron chi connectivity index (χ4n) is 2.94. The van der Waals surface area contributed by atoms with Crippen molar-refractivity contribution in [3.05, 3.63) is 17.9 Å². The van der Waals surface area contributed by atoms with Crippen molar-refractivity contribution in [1.82, 2.24) is 5.32 Å². The average molecular weight is 348 g/mol. The molecular weight excluding hydrogens is 335 g/mol. The Morgan fingerprint density at radius 1 is 1.36 bits per heavy atom. The van der Waals surface area contributed by atoms with E-state index in [2.05, 4.69) is 10.3 Å². The van der Waals surface area contributed by atoms with E-state index >= 15 is 0 Å². The molecule has 25 heavy (non-hydrogen) atoms. The number of nitrogens with one attached hydrogen (secondary N) is 1.